The normalized spacial score (nSPS) is 10.2. The smallest absolute Gasteiger partial charge is 0.113 e. The van der Waals surface area contributed by atoms with Crippen molar-refractivity contribution in [1.82, 2.24) is 4.98 Å². The SMILES string of the molecule is Clc1cnc(Cc2ccccc2)s1. The molecule has 0 atom stereocenters. The van der Waals surface area contributed by atoms with E-state index in [4.69, 9.17) is 11.6 Å². The van der Waals surface area contributed by atoms with Crippen molar-refractivity contribution < 1.29 is 0 Å². The molecule has 1 aromatic carbocycles. The minimum Gasteiger partial charge on any atom is -0.248 e. The molecule has 0 bridgehead atoms. The van der Waals surface area contributed by atoms with Gasteiger partial charge in [-0.3, -0.25) is 0 Å². The van der Waals surface area contributed by atoms with Crippen LogP contribution in [-0.2, 0) is 6.42 Å². The van der Waals surface area contributed by atoms with E-state index in [1.807, 2.05) is 18.2 Å². The van der Waals surface area contributed by atoms with Crippen LogP contribution < -0.4 is 0 Å². The molecule has 1 heterocycles. The van der Waals surface area contributed by atoms with Crippen molar-refractivity contribution in [3.63, 3.8) is 0 Å². The molecule has 13 heavy (non-hydrogen) atoms. The molecular weight excluding hydrogens is 202 g/mol. The molecule has 0 aliphatic rings. The van der Waals surface area contributed by atoms with E-state index in [1.165, 1.54) is 16.9 Å². The van der Waals surface area contributed by atoms with Crippen LogP contribution in [0.15, 0.2) is 36.5 Å². The Morgan fingerprint density at radius 3 is 2.62 bits per heavy atom. The molecular formula is C10H8ClNS. The number of aromatic nitrogens is 1. The van der Waals surface area contributed by atoms with Crippen molar-refractivity contribution >= 4 is 22.9 Å². The van der Waals surface area contributed by atoms with Crippen LogP contribution in [0.2, 0.25) is 4.34 Å². The fourth-order valence-corrected chi connectivity index (χ4v) is 2.13. The first kappa shape index (κ1) is 8.73. The number of benzene rings is 1. The van der Waals surface area contributed by atoms with Crippen molar-refractivity contribution in [1.29, 1.82) is 0 Å². The van der Waals surface area contributed by atoms with Gasteiger partial charge in [0, 0.05) is 6.42 Å². The summed E-state index contributed by atoms with van der Waals surface area (Å²) in [7, 11) is 0. The highest BCUT2D eigenvalue weighted by molar-refractivity contribution is 7.15. The molecule has 0 amide bonds. The van der Waals surface area contributed by atoms with Gasteiger partial charge >= 0.3 is 0 Å². The zero-order valence-electron chi connectivity index (χ0n) is 6.90. The predicted molar refractivity (Wildman–Crippen MR) is 56.4 cm³/mol. The molecule has 2 aromatic rings. The molecule has 0 unspecified atom stereocenters. The zero-order chi connectivity index (χ0) is 9.10. The van der Waals surface area contributed by atoms with E-state index in [-0.39, 0.29) is 0 Å². The Hall–Kier alpha value is -0.860. The molecule has 1 aromatic heterocycles. The Morgan fingerprint density at radius 2 is 2.00 bits per heavy atom. The minimum atomic E-state index is 0.755. The van der Waals surface area contributed by atoms with Crippen molar-refractivity contribution in [3.8, 4) is 0 Å². The average Bonchev–Trinajstić information content (AvgIpc) is 2.53. The topological polar surface area (TPSA) is 12.9 Å². The number of thiazole rings is 1. The summed E-state index contributed by atoms with van der Waals surface area (Å²) in [5.74, 6) is 0. The summed E-state index contributed by atoms with van der Waals surface area (Å²) in [6.07, 6.45) is 2.57. The van der Waals surface area contributed by atoms with Crippen LogP contribution in [0.5, 0.6) is 0 Å². The molecule has 0 fully saturated rings. The molecule has 0 spiro atoms. The molecule has 0 radical (unpaired) electrons. The quantitative estimate of drug-likeness (QED) is 0.739. The van der Waals surface area contributed by atoms with Crippen LogP contribution in [0, 0.1) is 0 Å². The first-order valence-electron chi connectivity index (χ1n) is 3.99. The second-order valence-corrected chi connectivity index (χ2v) is 4.47. The summed E-state index contributed by atoms with van der Waals surface area (Å²) in [5, 5.41) is 1.07. The Labute approximate surface area is 86.0 Å². The second-order valence-electron chi connectivity index (χ2n) is 2.72. The highest BCUT2D eigenvalue weighted by Crippen LogP contribution is 2.20. The molecule has 3 heteroatoms. The first-order valence-corrected chi connectivity index (χ1v) is 5.18. The Kier molecular flexibility index (Phi) is 2.62. The lowest BCUT2D eigenvalue weighted by Gasteiger charge is -1.95. The maximum atomic E-state index is 5.78. The maximum Gasteiger partial charge on any atom is 0.113 e. The third kappa shape index (κ3) is 2.29. The molecule has 0 N–H and O–H groups in total. The van der Waals surface area contributed by atoms with E-state index in [1.54, 1.807) is 6.20 Å². The lowest BCUT2D eigenvalue weighted by Crippen LogP contribution is -1.84. The Balaban J connectivity index is 2.15. The van der Waals surface area contributed by atoms with Crippen LogP contribution in [0.25, 0.3) is 0 Å². The lowest BCUT2D eigenvalue weighted by atomic mass is 10.2. The van der Waals surface area contributed by atoms with Gasteiger partial charge in [-0.2, -0.15) is 0 Å². The van der Waals surface area contributed by atoms with Crippen molar-refractivity contribution in [2.24, 2.45) is 0 Å². The standard InChI is InChI=1S/C10H8ClNS/c11-9-7-12-10(13-9)6-8-4-2-1-3-5-8/h1-5,7H,6H2. The van der Waals surface area contributed by atoms with Crippen LogP contribution >= 0.6 is 22.9 Å². The van der Waals surface area contributed by atoms with E-state index in [2.05, 4.69) is 17.1 Å². The summed E-state index contributed by atoms with van der Waals surface area (Å²) < 4.78 is 0.755. The monoisotopic (exact) mass is 209 g/mol. The molecule has 2 rings (SSSR count). The molecule has 1 nitrogen and oxygen atoms in total. The second kappa shape index (κ2) is 3.90. The molecule has 0 saturated carbocycles. The molecule has 0 saturated heterocycles. The van der Waals surface area contributed by atoms with Gasteiger partial charge in [-0.25, -0.2) is 4.98 Å². The van der Waals surface area contributed by atoms with Gasteiger partial charge in [0.15, 0.2) is 0 Å². The average molecular weight is 210 g/mol. The van der Waals surface area contributed by atoms with Gasteiger partial charge in [-0.1, -0.05) is 41.9 Å². The van der Waals surface area contributed by atoms with E-state index in [0.29, 0.717) is 0 Å². The summed E-state index contributed by atoms with van der Waals surface area (Å²) in [5.41, 5.74) is 1.27. The van der Waals surface area contributed by atoms with E-state index < -0.39 is 0 Å². The van der Waals surface area contributed by atoms with Gasteiger partial charge in [0.25, 0.3) is 0 Å². The van der Waals surface area contributed by atoms with Crippen LogP contribution in [0.4, 0.5) is 0 Å². The van der Waals surface area contributed by atoms with E-state index in [9.17, 15) is 0 Å². The van der Waals surface area contributed by atoms with Crippen molar-refractivity contribution in [2.75, 3.05) is 0 Å². The number of rotatable bonds is 2. The van der Waals surface area contributed by atoms with Crippen LogP contribution in [0.1, 0.15) is 10.6 Å². The summed E-state index contributed by atoms with van der Waals surface area (Å²) in [4.78, 5) is 4.20. The fourth-order valence-electron chi connectivity index (χ4n) is 1.14. The lowest BCUT2D eigenvalue weighted by molar-refractivity contribution is 1.14. The van der Waals surface area contributed by atoms with Gasteiger partial charge in [0.1, 0.15) is 4.34 Å². The number of nitrogens with zero attached hydrogens (tertiary/aromatic N) is 1. The Morgan fingerprint density at radius 1 is 1.23 bits per heavy atom. The minimum absolute atomic E-state index is 0.755. The first-order chi connectivity index (χ1) is 6.34. The third-order valence-electron chi connectivity index (χ3n) is 1.72. The number of halogens is 1. The maximum absolute atomic E-state index is 5.78. The van der Waals surface area contributed by atoms with Gasteiger partial charge in [-0.05, 0) is 5.56 Å². The largest absolute Gasteiger partial charge is 0.248 e. The zero-order valence-corrected chi connectivity index (χ0v) is 8.48. The predicted octanol–water partition coefficient (Wildman–Crippen LogP) is 3.39. The number of hydrogen-bond donors (Lipinski definition) is 0. The van der Waals surface area contributed by atoms with Crippen LogP contribution in [0.3, 0.4) is 0 Å². The van der Waals surface area contributed by atoms with Gasteiger partial charge in [0.2, 0.25) is 0 Å². The third-order valence-corrected chi connectivity index (χ3v) is 2.84. The summed E-state index contributed by atoms with van der Waals surface area (Å²) in [6, 6.07) is 10.3. The molecule has 0 aliphatic heterocycles. The van der Waals surface area contributed by atoms with E-state index in [0.717, 1.165) is 15.8 Å². The highest BCUT2D eigenvalue weighted by atomic mass is 35.5. The van der Waals surface area contributed by atoms with Crippen LogP contribution in [-0.4, -0.2) is 4.98 Å². The highest BCUT2D eigenvalue weighted by Gasteiger charge is 2.00. The van der Waals surface area contributed by atoms with Crippen molar-refractivity contribution in [3.05, 3.63) is 51.4 Å². The van der Waals surface area contributed by atoms with Gasteiger partial charge in [0.05, 0.1) is 11.2 Å². The fraction of sp³-hybridized carbons (Fsp3) is 0.100. The number of hydrogen-bond acceptors (Lipinski definition) is 2. The molecule has 0 aliphatic carbocycles. The van der Waals surface area contributed by atoms with Gasteiger partial charge in [-0.15, -0.1) is 11.3 Å². The Bertz CT molecular complexity index is 383. The summed E-state index contributed by atoms with van der Waals surface area (Å²) in [6.45, 7) is 0. The van der Waals surface area contributed by atoms with Gasteiger partial charge < -0.3 is 0 Å². The van der Waals surface area contributed by atoms with Crippen molar-refractivity contribution in [2.45, 2.75) is 6.42 Å². The molecule has 66 valence electrons. The summed E-state index contributed by atoms with van der Waals surface area (Å²) >= 11 is 7.32. The van der Waals surface area contributed by atoms with E-state index >= 15 is 0 Å².